The fourth-order valence-corrected chi connectivity index (χ4v) is 3.39. The first-order chi connectivity index (χ1) is 12.6. The Bertz CT molecular complexity index is 931. The van der Waals surface area contributed by atoms with Crippen molar-refractivity contribution in [2.75, 3.05) is 49.2 Å². The molecule has 0 aliphatic carbocycles. The Morgan fingerprint density at radius 3 is 2.62 bits per heavy atom. The predicted molar refractivity (Wildman–Crippen MR) is 108 cm³/mol. The summed E-state index contributed by atoms with van der Waals surface area (Å²) in [7, 11) is 2.15. The first kappa shape index (κ1) is 16.6. The van der Waals surface area contributed by atoms with Crippen LogP contribution in [0.25, 0.3) is 10.9 Å². The molecule has 0 bridgehead atoms. The molecule has 4 rings (SSSR count). The number of aryl methyl sites for hydroxylation is 1. The zero-order chi connectivity index (χ0) is 18.1. The van der Waals surface area contributed by atoms with Gasteiger partial charge in [-0.15, -0.1) is 0 Å². The summed E-state index contributed by atoms with van der Waals surface area (Å²) in [6.45, 7) is 6.11. The van der Waals surface area contributed by atoms with Crippen molar-refractivity contribution in [1.29, 1.82) is 0 Å². The standard InChI is InChI=1S/C20H24N6/c1-14-4-3-5-15(10-14)24-20-16-11-17(21)19(12-18(16)22-13-23-20)26-8-6-25(2)7-9-26/h3-5,10-13H,6-9,21H2,1-2H3,(H,22,23,24). The van der Waals surface area contributed by atoms with E-state index in [0.717, 1.165) is 60.0 Å². The van der Waals surface area contributed by atoms with E-state index in [9.17, 15) is 0 Å². The quantitative estimate of drug-likeness (QED) is 0.709. The topological polar surface area (TPSA) is 70.3 Å². The monoisotopic (exact) mass is 348 g/mol. The molecule has 0 spiro atoms. The molecule has 1 aromatic heterocycles. The Hall–Kier alpha value is -2.86. The fraction of sp³-hybridized carbons (Fsp3) is 0.300. The van der Waals surface area contributed by atoms with Gasteiger partial charge in [-0.3, -0.25) is 0 Å². The molecule has 6 heteroatoms. The van der Waals surface area contributed by atoms with E-state index in [1.54, 1.807) is 6.33 Å². The number of aromatic nitrogens is 2. The molecular weight excluding hydrogens is 324 g/mol. The Balaban J connectivity index is 1.69. The van der Waals surface area contributed by atoms with E-state index < -0.39 is 0 Å². The van der Waals surface area contributed by atoms with Crippen LogP contribution in [0.15, 0.2) is 42.7 Å². The Morgan fingerprint density at radius 2 is 1.85 bits per heavy atom. The molecule has 26 heavy (non-hydrogen) atoms. The number of hydrogen-bond donors (Lipinski definition) is 2. The number of fused-ring (bicyclic) bond motifs is 1. The number of nitrogens with one attached hydrogen (secondary N) is 1. The Morgan fingerprint density at radius 1 is 1.04 bits per heavy atom. The van der Waals surface area contributed by atoms with Gasteiger partial charge in [0.25, 0.3) is 0 Å². The number of nitrogens with two attached hydrogens (primary N) is 1. The Kier molecular flexibility index (Phi) is 4.34. The van der Waals surface area contributed by atoms with Crippen molar-refractivity contribution in [1.82, 2.24) is 14.9 Å². The van der Waals surface area contributed by atoms with Gasteiger partial charge >= 0.3 is 0 Å². The van der Waals surface area contributed by atoms with E-state index in [4.69, 9.17) is 5.73 Å². The van der Waals surface area contributed by atoms with Gasteiger partial charge < -0.3 is 20.9 Å². The number of anilines is 4. The van der Waals surface area contributed by atoms with E-state index >= 15 is 0 Å². The summed E-state index contributed by atoms with van der Waals surface area (Å²) >= 11 is 0. The molecule has 3 N–H and O–H groups in total. The highest BCUT2D eigenvalue weighted by atomic mass is 15.3. The maximum Gasteiger partial charge on any atom is 0.141 e. The third-order valence-corrected chi connectivity index (χ3v) is 4.91. The van der Waals surface area contributed by atoms with Gasteiger partial charge in [-0.1, -0.05) is 12.1 Å². The third-order valence-electron chi connectivity index (χ3n) is 4.91. The molecule has 0 amide bonds. The van der Waals surface area contributed by atoms with Gasteiger partial charge in [0.2, 0.25) is 0 Å². The maximum atomic E-state index is 6.40. The van der Waals surface area contributed by atoms with Crippen LogP contribution in [0.4, 0.5) is 22.9 Å². The molecule has 1 fully saturated rings. The molecule has 0 atom stereocenters. The van der Waals surface area contributed by atoms with Crippen molar-refractivity contribution in [3.05, 3.63) is 48.3 Å². The highest BCUT2D eigenvalue weighted by Crippen LogP contribution is 2.32. The molecule has 0 radical (unpaired) electrons. The minimum atomic E-state index is 0.768. The molecule has 134 valence electrons. The molecule has 1 aliphatic rings. The number of piperazine rings is 1. The average Bonchev–Trinajstić information content (AvgIpc) is 2.63. The van der Waals surface area contributed by atoms with Crippen molar-refractivity contribution in [2.45, 2.75) is 6.92 Å². The van der Waals surface area contributed by atoms with Gasteiger partial charge in [-0.2, -0.15) is 0 Å². The summed E-state index contributed by atoms with van der Waals surface area (Å²) in [5, 5.41) is 4.33. The molecule has 2 heterocycles. The summed E-state index contributed by atoms with van der Waals surface area (Å²) in [6, 6.07) is 12.3. The van der Waals surface area contributed by atoms with E-state index in [1.165, 1.54) is 5.56 Å². The third kappa shape index (κ3) is 3.28. The van der Waals surface area contributed by atoms with E-state index in [-0.39, 0.29) is 0 Å². The van der Waals surface area contributed by atoms with Gasteiger partial charge in [-0.05, 0) is 43.8 Å². The van der Waals surface area contributed by atoms with Gasteiger partial charge in [-0.25, -0.2) is 9.97 Å². The van der Waals surface area contributed by atoms with Crippen LogP contribution in [-0.2, 0) is 0 Å². The fourth-order valence-electron chi connectivity index (χ4n) is 3.39. The molecule has 0 unspecified atom stereocenters. The average molecular weight is 348 g/mol. The second kappa shape index (κ2) is 6.80. The molecule has 3 aromatic rings. The largest absolute Gasteiger partial charge is 0.397 e. The lowest BCUT2D eigenvalue weighted by molar-refractivity contribution is 0.313. The highest BCUT2D eigenvalue weighted by molar-refractivity contribution is 5.96. The zero-order valence-electron chi connectivity index (χ0n) is 15.2. The molecule has 0 saturated carbocycles. The number of likely N-dealkylation sites (N-methyl/N-ethyl adjacent to an activating group) is 1. The number of nitrogen functional groups attached to an aromatic ring is 1. The SMILES string of the molecule is Cc1cccc(Nc2ncnc3cc(N4CCN(C)CC4)c(N)cc23)c1. The second-order valence-electron chi connectivity index (χ2n) is 6.94. The van der Waals surface area contributed by atoms with Gasteiger partial charge in [0.15, 0.2) is 0 Å². The molecule has 2 aromatic carbocycles. The van der Waals surface area contributed by atoms with Crippen LogP contribution in [-0.4, -0.2) is 48.1 Å². The summed E-state index contributed by atoms with van der Waals surface area (Å²) < 4.78 is 0. The molecule has 1 aliphatic heterocycles. The molecular formula is C20H24N6. The summed E-state index contributed by atoms with van der Waals surface area (Å²) in [5.74, 6) is 0.775. The smallest absolute Gasteiger partial charge is 0.141 e. The number of benzene rings is 2. The van der Waals surface area contributed by atoms with E-state index in [0.29, 0.717) is 0 Å². The lowest BCUT2D eigenvalue weighted by atomic mass is 10.1. The lowest BCUT2D eigenvalue weighted by Gasteiger charge is -2.34. The van der Waals surface area contributed by atoms with Crippen LogP contribution in [0.5, 0.6) is 0 Å². The highest BCUT2D eigenvalue weighted by Gasteiger charge is 2.18. The van der Waals surface area contributed by atoms with E-state index in [2.05, 4.69) is 57.3 Å². The van der Waals surface area contributed by atoms with Gasteiger partial charge in [0.05, 0.1) is 16.9 Å². The van der Waals surface area contributed by atoms with Crippen molar-refractivity contribution in [3.63, 3.8) is 0 Å². The van der Waals surface area contributed by atoms with Crippen LogP contribution in [0, 0.1) is 6.92 Å². The molecule has 6 nitrogen and oxygen atoms in total. The van der Waals surface area contributed by atoms with Crippen molar-refractivity contribution < 1.29 is 0 Å². The van der Waals surface area contributed by atoms with E-state index in [1.807, 2.05) is 18.2 Å². The van der Waals surface area contributed by atoms with Crippen molar-refractivity contribution in [3.8, 4) is 0 Å². The van der Waals surface area contributed by atoms with Crippen LogP contribution in [0.2, 0.25) is 0 Å². The normalized spacial score (nSPS) is 15.4. The molecule has 1 saturated heterocycles. The Labute approximate surface area is 153 Å². The summed E-state index contributed by atoms with van der Waals surface area (Å²) in [6.07, 6.45) is 1.60. The minimum Gasteiger partial charge on any atom is -0.397 e. The maximum absolute atomic E-state index is 6.40. The number of hydrogen-bond acceptors (Lipinski definition) is 6. The van der Waals surface area contributed by atoms with Crippen LogP contribution in [0.1, 0.15) is 5.56 Å². The van der Waals surface area contributed by atoms with Crippen LogP contribution < -0.4 is 16.0 Å². The number of nitrogens with zero attached hydrogens (tertiary/aromatic N) is 4. The first-order valence-electron chi connectivity index (χ1n) is 8.91. The summed E-state index contributed by atoms with van der Waals surface area (Å²) in [5.41, 5.74) is 11.3. The second-order valence-corrected chi connectivity index (χ2v) is 6.94. The van der Waals surface area contributed by atoms with Crippen molar-refractivity contribution >= 4 is 33.8 Å². The van der Waals surface area contributed by atoms with Gasteiger partial charge in [0, 0.05) is 37.3 Å². The summed E-state index contributed by atoms with van der Waals surface area (Å²) in [4.78, 5) is 13.6. The zero-order valence-corrected chi connectivity index (χ0v) is 15.2. The lowest BCUT2D eigenvalue weighted by Crippen LogP contribution is -2.44. The van der Waals surface area contributed by atoms with Crippen molar-refractivity contribution in [2.24, 2.45) is 0 Å². The first-order valence-corrected chi connectivity index (χ1v) is 8.91. The van der Waals surface area contributed by atoms with Crippen LogP contribution in [0.3, 0.4) is 0 Å². The number of rotatable bonds is 3. The minimum absolute atomic E-state index is 0.768. The predicted octanol–water partition coefficient (Wildman–Crippen LogP) is 3.02. The van der Waals surface area contributed by atoms with Crippen LogP contribution >= 0.6 is 0 Å². The van der Waals surface area contributed by atoms with Gasteiger partial charge in [0.1, 0.15) is 12.1 Å².